The molecule has 0 aliphatic heterocycles. The lowest BCUT2D eigenvalue weighted by Crippen LogP contribution is -2.07. The fraction of sp³-hybridized carbons (Fsp3) is 0.500. The van der Waals surface area contributed by atoms with Crippen LogP contribution in [0.2, 0.25) is 0 Å². The van der Waals surface area contributed by atoms with E-state index in [2.05, 4.69) is 0 Å². The Morgan fingerprint density at radius 2 is 1.65 bits per heavy atom. The molecule has 0 unspecified atom stereocenters. The fourth-order valence-electron chi connectivity index (χ4n) is 1.39. The molecule has 4 nitrogen and oxygen atoms in total. The van der Waals surface area contributed by atoms with Crippen molar-refractivity contribution < 1.29 is 17.7 Å². The van der Waals surface area contributed by atoms with Crippen molar-refractivity contribution in [2.24, 2.45) is 0 Å². The molecule has 0 saturated heterocycles. The highest BCUT2D eigenvalue weighted by Gasteiger charge is 2.13. The van der Waals surface area contributed by atoms with Gasteiger partial charge in [0.2, 0.25) is 0 Å². The van der Waals surface area contributed by atoms with Crippen LogP contribution >= 0.6 is 0 Å². The molecule has 0 fully saturated rings. The molecule has 0 atom stereocenters. The molecule has 0 heterocycles. The SMILES string of the molecule is O=S(=O)(OCCCCCCO)c1ccccc1. The standard InChI is InChI=1S/C12H18O4S/c13-10-6-1-2-7-11-16-17(14,15)12-8-4-3-5-9-12/h3-5,8-9,13H,1-2,6-7,10-11H2. The molecule has 96 valence electrons. The first-order chi connectivity index (χ1) is 8.17. The fourth-order valence-corrected chi connectivity index (χ4v) is 2.36. The van der Waals surface area contributed by atoms with Gasteiger partial charge in [-0.15, -0.1) is 0 Å². The molecule has 0 aromatic heterocycles. The molecule has 1 aromatic carbocycles. The van der Waals surface area contributed by atoms with Crippen molar-refractivity contribution >= 4 is 10.1 Å². The van der Waals surface area contributed by atoms with E-state index in [1.165, 1.54) is 12.1 Å². The van der Waals surface area contributed by atoms with Crippen LogP contribution in [0.5, 0.6) is 0 Å². The van der Waals surface area contributed by atoms with Gasteiger partial charge < -0.3 is 5.11 Å². The van der Waals surface area contributed by atoms with Crippen LogP contribution in [-0.4, -0.2) is 26.7 Å². The van der Waals surface area contributed by atoms with Crippen molar-refractivity contribution in [2.45, 2.75) is 30.6 Å². The van der Waals surface area contributed by atoms with E-state index in [4.69, 9.17) is 9.29 Å². The first-order valence-electron chi connectivity index (χ1n) is 5.72. The van der Waals surface area contributed by atoms with E-state index in [1.807, 2.05) is 0 Å². The summed E-state index contributed by atoms with van der Waals surface area (Å²) >= 11 is 0. The first kappa shape index (κ1) is 14.2. The zero-order chi connectivity index (χ0) is 12.6. The summed E-state index contributed by atoms with van der Waals surface area (Å²) in [6.45, 7) is 0.381. The Morgan fingerprint density at radius 3 is 2.29 bits per heavy atom. The van der Waals surface area contributed by atoms with Crippen molar-refractivity contribution in [1.29, 1.82) is 0 Å². The van der Waals surface area contributed by atoms with Crippen LogP contribution in [0.25, 0.3) is 0 Å². The summed E-state index contributed by atoms with van der Waals surface area (Å²) in [5.41, 5.74) is 0. The highest BCUT2D eigenvalue weighted by atomic mass is 32.2. The summed E-state index contributed by atoms with van der Waals surface area (Å²) in [6.07, 6.45) is 3.20. The Kier molecular flexibility index (Phi) is 6.18. The average molecular weight is 258 g/mol. The summed E-state index contributed by atoms with van der Waals surface area (Å²) in [7, 11) is -3.60. The van der Waals surface area contributed by atoms with Gasteiger partial charge in [0, 0.05) is 6.61 Å². The van der Waals surface area contributed by atoms with E-state index in [-0.39, 0.29) is 18.1 Å². The maximum Gasteiger partial charge on any atom is 0.296 e. The van der Waals surface area contributed by atoms with E-state index in [1.54, 1.807) is 18.2 Å². The topological polar surface area (TPSA) is 63.6 Å². The number of rotatable bonds is 8. The third-order valence-electron chi connectivity index (χ3n) is 2.32. The van der Waals surface area contributed by atoms with Crippen LogP contribution in [0.3, 0.4) is 0 Å². The van der Waals surface area contributed by atoms with E-state index in [9.17, 15) is 8.42 Å². The Hall–Kier alpha value is -0.910. The predicted molar refractivity (Wildman–Crippen MR) is 65.1 cm³/mol. The van der Waals surface area contributed by atoms with Crippen LogP contribution in [0.4, 0.5) is 0 Å². The molecule has 5 heteroatoms. The normalized spacial score (nSPS) is 11.6. The van der Waals surface area contributed by atoms with Gasteiger partial charge in [-0.1, -0.05) is 31.0 Å². The van der Waals surface area contributed by atoms with E-state index < -0.39 is 10.1 Å². The van der Waals surface area contributed by atoms with E-state index in [0.717, 1.165) is 19.3 Å². The molecule has 0 spiro atoms. The molecule has 0 saturated carbocycles. The second-order valence-electron chi connectivity index (χ2n) is 3.73. The Balaban J connectivity index is 2.31. The maximum atomic E-state index is 11.7. The second-order valence-corrected chi connectivity index (χ2v) is 5.34. The zero-order valence-electron chi connectivity index (χ0n) is 9.71. The average Bonchev–Trinajstić information content (AvgIpc) is 2.35. The highest BCUT2D eigenvalue weighted by Crippen LogP contribution is 2.12. The van der Waals surface area contributed by atoms with Crippen molar-refractivity contribution in [3.63, 3.8) is 0 Å². The van der Waals surface area contributed by atoms with Gasteiger partial charge in [-0.2, -0.15) is 8.42 Å². The third-order valence-corrected chi connectivity index (χ3v) is 3.65. The summed E-state index contributed by atoms with van der Waals surface area (Å²) in [5, 5.41) is 8.57. The Labute approximate surface area is 102 Å². The molecule has 0 bridgehead atoms. The van der Waals surface area contributed by atoms with Gasteiger partial charge in [-0.3, -0.25) is 4.18 Å². The molecule has 0 aliphatic rings. The van der Waals surface area contributed by atoms with Gasteiger partial charge in [0.25, 0.3) is 10.1 Å². The molecular weight excluding hydrogens is 240 g/mol. The lowest BCUT2D eigenvalue weighted by atomic mass is 10.2. The molecule has 0 aliphatic carbocycles. The van der Waals surface area contributed by atoms with Crippen molar-refractivity contribution in [3.05, 3.63) is 30.3 Å². The molecule has 0 amide bonds. The number of aliphatic hydroxyl groups excluding tert-OH is 1. The smallest absolute Gasteiger partial charge is 0.296 e. The summed E-state index contributed by atoms with van der Waals surface area (Å²) < 4.78 is 28.2. The number of benzene rings is 1. The molecular formula is C12H18O4S. The summed E-state index contributed by atoms with van der Waals surface area (Å²) in [4.78, 5) is 0.190. The summed E-state index contributed by atoms with van der Waals surface area (Å²) in [6, 6.07) is 8.12. The lowest BCUT2D eigenvalue weighted by molar-refractivity contribution is 0.274. The Bertz CT molecular complexity index is 400. The monoisotopic (exact) mass is 258 g/mol. The minimum Gasteiger partial charge on any atom is -0.396 e. The lowest BCUT2D eigenvalue weighted by Gasteiger charge is -2.05. The molecule has 1 aromatic rings. The molecule has 17 heavy (non-hydrogen) atoms. The minimum atomic E-state index is -3.60. The quantitative estimate of drug-likeness (QED) is 0.572. The molecule has 1 N–H and O–H groups in total. The minimum absolute atomic E-state index is 0.184. The van der Waals surface area contributed by atoms with Gasteiger partial charge >= 0.3 is 0 Å². The van der Waals surface area contributed by atoms with Crippen molar-refractivity contribution in [1.82, 2.24) is 0 Å². The van der Waals surface area contributed by atoms with Gasteiger partial charge in [0.1, 0.15) is 0 Å². The Morgan fingerprint density at radius 1 is 1.00 bits per heavy atom. The molecule has 1 rings (SSSR count). The number of hydrogen-bond donors (Lipinski definition) is 1. The second kappa shape index (κ2) is 7.42. The van der Waals surface area contributed by atoms with Gasteiger partial charge in [-0.25, -0.2) is 0 Å². The maximum absolute atomic E-state index is 11.7. The van der Waals surface area contributed by atoms with Crippen LogP contribution in [0.15, 0.2) is 35.2 Å². The number of aliphatic hydroxyl groups is 1. The predicted octanol–water partition coefficient (Wildman–Crippen LogP) is 1.94. The number of unbranched alkanes of at least 4 members (excludes halogenated alkanes) is 3. The largest absolute Gasteiger partial charge is 0.396 e. The van der Waals surface area contributed by atoms with Crippen LogP contribution in [0, 0.1) is 0 Å². The first-order valence-corrected chi connectivity index (χ1v) is 7.13. The van der Waals surface area contributed by atoms with E-state index in [0.29, 0.717) is 6.42 Å². The van der Waals surface area contributed by atoms with Crippen LogP contribution in [0.1, 0.15) is 25.7 Å². The zero-order valence-corrected chi connectivity index (χ0v) is 10.5. The summed E-state index contributed by atoms with van der Waals surface area (Å²) in [5.74, 6) is 0. The van der Waals surface area contributed by atoms with Crippen LogP contribution < -0.4 is 0 Å². The van der Waals surface area contributed by atoms with E-state index >= 15 is 0 Å². The highest BCUT2D eigenvalue weighted by molar-refractivity contribution is 7.86. The molecule has 0 radical (unpaired) electrons. The van der Waals surface area contributed by atoms with Gasteiger partial charge in [0.15, 0.2) is 0 Å². The van der Waals surface area contributed by atoms with Gasteiger partial charge in [0.05, 0.1) is 11.5 Å². The van der Waals surface area contributed by atoms with Gasteiger partial charge in [-0.05, 0) is 25.0 Å². The third kappa shape index (κ3) is 5.30. The number of hydrogen-bond acceptors (Lipinski definition) is 4. The van der Waals surface area contributed by atoms with Crippen LogP contribution in [-0.2, 0) is 14.3 Å². The van der Waals surface area contributed by atoms with Crippen molar-refractivity contribution in [3.8, 4) is 0 Å². The van der Waals surface area contributed by atoms with Crippen molar-refractivity contribution in [2.75, 3.05) is 13.2 Å².